The molecule has 3 aromatic carbocycles. The molecule has 1 amide bonds. The van der Waals surface area contributed by atoms with E-state index in [1.165, 1.54) is 11.8 Å². The topological polar surface area (TPSA) is 41.9 Å². The van der Waals surface area contributed by atoms with Gasteiger partial charge < -0.3 is 4.74 Å². The number of para-hydroxylation sites is 1. The molecule has 6 heteroatoms. The average molecular weight is 526 g/mol. The largest absolute Gasteiger partial charge is 0.497 e. The molecule has 4 nitrogen and oxygen atoms in total. The van der Waals surface area contributed by atoms with Crippen molar-refractivity contribution in [1.29, 1.82) is 0 Å². The van der Waals surface area contributed by atoms with Gasteiger partial charge in [-0.2, -0.15) is 0 Å². The maximum atomic E-state index is 13.3. The first-order valence-corrected chi connectivity index (χ1v) is 11.3. The number of ether oxygens (including phenoxy) is 1. The van der Waals surface area contributed by atoms with Gasteiger partial charge in [-0.1, -0.05) is 48.5 Å². The van der Waals surface area contributed by atoms with E-state index in [1.807, 2.05) is 84.9 Å². The Balaban J connectivity index is 1.69. The molecule has 0 aliphatic carbocycles. The molecular formula is C24H19IN2O2S. The second kappa shape index (κ2) is 9.49. The van der Waals surface area contributed by atoms with Crippen LogP contribution in [-0.4, -0.2) is 23.1 Å². The van der Waals surface area contributed by atoms with Crippen LogP contribution in [0.3, 0.4) is 0 Å². The summed E-state index contributed by atoms with van der Waals surface area (Å²) in [7, 11) is 1.64. The van der Waals surface area contributed by atoms with E-state index in [1.54, 1.807) is 12.0 Å². The van der Waals surface area contributed by atoms with Gasteiger partial charge in [0, 0.05) is 3.57 Å². The van der Waals surface area contributed by atoms with Crippen molar-refractivity contribution in [2.24, 2.45) is 4.99 Å². The van der Waals surface area contributed by atoms with Crippen LogP contribution < -0.4 is 4.74 Å². The third-order valence-electron chi connectivity index (χ3n) is 4.56. The lowest BCUT2D eigenvalue weighted by Crippen LogP contribution is -2.28. The molecule has 0 saturated carbocycles. The molecule has 0 spiro atoms. The predicted octanol–water partition coefficient (Wildman–Crippen LogP) is 6.10. The molecule has 0 unspecified atom stereocenters. The zero-order chi connectivity index (χ0) is 20.9. The Morgan fingerprint density at radius 2 is 1.70 bits per heavy atom. The molecule has 4 rings (SSSR count). The van der Waals surface area contributed by atoms with E-state index >= 15 is 0 Å². The minimum atomic E-state index is -0.0369. The average Bonchev–Trinajstić information content (AvgIpc) is 3.05. The van der Waals surface area contributed by atoms with Crippen molar-refractivity contribution < 1.29 is 9.53 Å². The summed E-state index contributed by atoms with van der Waals surface area (Å²) in [6, 6.07) is 25.5. The SMILES string of the molecule is COc1ccc(CN2C(=O)/C(=C/c3ccccc3I)SC2=Nc2ccccc2)cc1. The number of methoxy groups -OCH3 is 1. The lowest BCUT2D eigenvalue weighted by molar-refractivity contribution is -0.122. The van der Waals surface area contributed by atoms with E-state index in [-0.39, 0.29) is 5.91 Å². The van der Waals surface area contributed by atoms with Gasteiger partial charge in [-0.25, -0.2) is 4.99 Å². The maximum Gasteiger partial charge on any atom is 0.267 e. The number of thioether (sulfide) groups is 1. The van der Waals surface area contributed by atoms with Crippen LogP contribution in [0.15, 0.2) is 88.8 Å². The molecule has 1 aliphatic heterocycles. The van der Waals surface area contributed by atoms with Crippen molar-refractivity contribution in [1.82, 2.24) is 4.90 Å². The second-order valence-electron chi connectivity index (χ2n) is 6.60. The number of nitrogens with zero attached hydrogens (tertiary/aromatic N) is 2. The Kier molecular flexibility index (Phi) is 6.54. The van der Waals surface area contributed by atoms with Crippen molar-refractivity contribution in [3.8, 4) is 5.75 Å². The Morgan fingerprint density at radius 3 is 2.40 bits per heavy atom. The third kappa shape index (κ3) is 4.76. The molecule has 1 fully saturated rings. The predicted molar refractivity (Wildman–Crippen MR) is 132 cm³/mol. The Hall–Kier alpha value is -2.58. The van der Waals surface area contributed by atoms with E-state index in [0.29, 0.717) is 16.6 Å². The lowest BCUT2D eigenvalue weighted by Gasteiger charge is -2.16. The van der Waals surface area contributed by atoms with Crippen LogP contribution in [0.1, 0.15) is 11.1 Å². The maximum absolute atomic E-state index is 13.3. The van der Waals surface area contributed by atoms with Gasteiger partial charge >= 0.3 is 0 Å². The van der Waals surface area contributed by atoms with Crippen LogP contribution in [0.2, 0.25) is 0 Å². The first kappa shape index (κ1) is 20.7. The van der Waals surface area contributed by atoms with Gasteiger partial charge in [-0.15, -0.1) is 0 Å². The van der Waals surface area contributed by atoms with Crippen molar-refractivity contribution in [3.63, 3.8) is 0 Å². The molecule has 150 valence electrons. The number of carbonyl (C=O) groups is 1. The van der Waals surface area contributed by atoms with Crippen molar-refractivity contribution >= 4 is 57.2 Å². The van der Waals surface area contributed by atoms with Crippen LogP contribution >= 0.6 is 34.4 Å². The third-order valence-corrected chi connectivity index (χ3v) is 6.55. The number of amides is 1. The summed E-state index contributed by atoms with van der Waals surface area (Å²) in [5.74, 6) is 0.753. The molecule has 0 radical (unpaired) electrons. The summed E-state index contributed by atoms with van der Waals surface area (Å²) in [4.78, 5) is 20.4. The summed E-state index contributed by atoms with van der Waals surface area (Å²) in [6.45, 7) is 0.449. The highest BCUT2D eigenvalue weighted by Crippen LogP contribution is 2.35. The number of hydrogen-bond acceptors (Lipinski definition) is 4. The molecule has 3 aromatic rings. The zero-order valence-corrected chi connectivity index (χ0v) is 19.3. The molecule has 0 N–H and O–H groups in total. The number of carbonyl (C=O) groups excluding carboxylic acids is 1. The van der Waals surface area contributed by atoms with E-state index in [9.17, 15) is 4.79 Å². The number of halogens is 1. The monoisotopic (exact) mass is 526 g/mol. The molecule has 0 aromatic heterocycles. The quantitative estimate of drug-likeness (QED) is 0.298. The molecule has 1 heterocycles. The van der Waals surface area contributed by atoms with Crippen LogP contribution in [0.4, 0.5) is 5.69 Å². The van der Waals surface area contributed by atoms with E-state index < -0.39 is 0 Å². The van der Waals surface area contributed by atoms with Gasteiger partial charge in [0.2, 0.25) is 0 Å². The van der Waals surface area contributed by atoms with Crippen molar-refractivity contribution in [2.45, 2.75) is 6.54 Å². The molecule has 30 heavy (non-hydrogen) atoms. The summed E-state index contributed by atoms with van der Waals surface area (Å²) in [5, 5.41) is 0.680. The Bertz CT molecular complexity index is 1110. The summed E-state index contributed by atoms with van der Waals surface area (Å²) in [6.07, 6.45) is 1.95. The fourth-order valence-corrected chi connectivity index (χ4v) is 4.52. The lowest BCUT2D eigenvalue weighted by atomic mass is 10.2. The minimum absolute atomic E-state index is 0.0369. The Morgan fingerprint density at radius 1 is 1.00 bits per heavy atom. The van der Waals surface area contributed by atoms with Crippen LogP contribution in [0, 0.1) is 3.57 Å². The number of amidine groups is 1. The Labute approximate surface area is 193 Å². The van der Waals surface area contributed by atoms with Gasteiger partial charge in [-0.05, 0) is 81.9 Å². The molecule has 1 aliphatic rings. The number of rotatable bonds is 5. The highest BCUT2D eigenvalue weighted by molar-refractivity contribution is 14.1. The van der Waals surface area contributed by atoms with Gasteiger partial charge in [0.05, 0.1) is 24.2 Å². The van der Waals surface area contributed by atoms with Crippen LogP contribution in [0.25, 0.3) is 6.08 Å². The highest BCUT2D eigenvalue weighted by atomic mass is 127. The van der Waals surface area contributed by atoms with Gasteiger partial charge in [-0.3, -0.25) is 9.69 Å². The highest BCUT2D eigenvalue weighted by Gasteiger charge is 2.33. The first-order valence-electron chi connectivity index (χ1n) is 9.36. The van der Waals surface area contributed by atoms with Crippen molar-refractivity contribution in [3.05, 3.63) is 98.5 Å². The molecular weight excluding hydrogens is 507 g/mol. The molecule has 0 atom stereocenters. The fourth-order valence-electron chi connectivity index (χ4n) is 2.99. The fraction of sp³-hybridized carbons (Fsp3) is 0.0833. The smallest absolute Gasteiger partial charge is 0.267 e. The van der Waals surface area contributed by atoms with E-state index in [4.69, 9.17) is 9.73 Å². The van der Waals surface area contributed by atoms with Gasteiger partial charge in [0.1, 0.15) is 5.75 Å². The minimum Gasteiger partial charge on any atom is -0.497 e. The molecule has 1 saturated heterocycles. The normalized spacial score (nSPS) is 16.5. The number of benzene rings is 3. The van der Waals surface area contributed by atoms with Crippen LogP contribution in [0.5, 0.6) is 5.75 Å². The summed E-state index contributed by atoms with van der Waals surface area (Å²) < 4.78 is 6.34. The van der Waals surface area contributed by atoms with Gasteiger partial charge in [0.15, 0.2) is 5.17 Å². The van der Waals surface area contributed by atoms with Crippen LogP contribution in [-0.2, 0) is 11.3 Å². The summed E-state index contributed by atoms with van der Waals surface area (Å²) >= 11 is 3.70. The van der Waals surface area contributed by atoms with E-state index in [2.05, 4.69) is 22.6 Å². The first-order chi connectivity index (χ1) is 14.6. The second-order valence-corrected chi connectivity index (χ2v) is 8.77. The number of aliphatic imine (C=N–C) groups is 1. The van der Waals surface area contributed by atoms with Crippen molar-refractivity contribution in [2.75, 3.05) is 7.11 Å². The zero-order valence-electron chi connectivity index (χ0n) is 16.3. The summed E-state index contributed by atoms with van der Waals surface area (Å²) in [5.41, 5.74) is 2.86. The number of hydrogen-bond donors (Lipinski definition) is 0. The molecule has 0 bridgehead atoms. The van der Waals surface area contributed by atoms with Gasteiger partial charge in [0.25, 0.3) is 5.91 Å². The standard InChI is InChI=1S/C24H19IN2O2S/c1-29-20-13-11-17(12-14-20)16-27-23(28)22(15-18-7-5-6-10-21(18)25)30-24(27)26-19-8-3-2-4-9-19/h2-15H,16H2,1H3/b22-15-,26-24?. The van der Waals surface area contributed by atoms with E-state index in [0.717, 1.165) is 26.1 Å².